The number of amides is 1. The number of thiophene rings is 1. The minimum absolute atomic E-state index is 0.106. The van der Waals surface area contributed by atoms with Crippen molar-refractivity contribution >= 4 is 34.6 Å². The highest BCUT2D eigenvalue weighted by Crippen LogP contribution is 2.36. The normalized spacial score (nSPS) is 18.9. The molecule has 1 aliphatic rings. The van der Waals surface area contributed by atoms with Gasteiger partial charge in [-0.25, -0.2) is 4.79 Å². The molecule has 86 valence electrons. The first kappa shape index (κ1) is 10.9. The van der Waals surface area contributed by atoms with Gasteiger partial charge in [0.25, 0.3) is 0 Å². The van der Waals surface area contributed by atoms with Crippen molar-refractivity contribution in [2.45, 2.75) is 19.9 Å². The lowest BCUT2D eigenvalue weighted by Crippen LogP contribution is -2.42. The van der Waals surface area contributed by atoms with Crippen molar-refractivity contribution < 1.29 is 14.7 Å². The molecule has 1 aromatic heterocycles. The zero-order valence-electron chi connectivity index (χ0n) is 8.90. The summed E-state index contributed by atoms with van der Waals surface area (Å²) in [5.41, 5.74) is 1.08. The molecule has 2 rings (SSSR count). The third-order valence-electron chi connectivity index (χ3n) is 2.49. The van der Waals surface area contributed by atoms with Gasteiger partial charge >= 0.3 is 5.97 Å². The Balaban J connectivity index is 2.39. The van der Waals surface area contributed by atoms with Crippen LogP contribution in [0.3, 0.4) is 0 Å². The number of hydrogen-bond acceptors (Lipinski definition) is 4. The highest BCUT2D eigenvalue weighted by atomic mass is 32.1. The highest BCUT2D eigenvalue weighted by molar-refractivity contribution is 7.13. The van der Waals surface area contributed by atoms with Crippen LogP contribution >= 0.6 is 11.3 Å². The molecule has 0 aromatic carbocycles. The van der Waals surface area contributed by atoms with Gasteiger partial charge in [0.1, 0.15) is 10.9 Å². The molecule has 0 aliphatic carbocycles. The molecule has 16 heavy (non-hydrogen) atoms. The van der Waals surface area contributed by atoms with E-state index in [1.807, 2.05) is 13.8 Å². The molecule has 0 saturated heterocycles. The molecule has 5 nitrogen and oxygen atoms in total. The van der Waals surface area contributed by atoms with E-state index in [-0.39, 0.29) is 22.7 Å². The Hall–Kier alpha value is -1.56. The first-order chi connectivity index (χ1) is 7.50. The van der Waals surface area contributed by atoms with Crippen LogP contribution < -0.4 is 10.6 Å². The average molecular weight is 240 g/mol. The molecule has 0 fully saturated rings. The van der Waals surface area contributed by atoms with E-state index < -0.39 is 5.97 Å². The van der Waals surface area contributed by atoms with E-state index in [0.29, 0.717) is 11.4 Å². The fraction of sp³-hybridized carbons (Fsp3) is 0.400. The second kappa shape index (κ2) is 3.79. The third-order valence-corrected chi connectivity index (χ3v) is 3.46. The van der Waals surface area contributed by atoms with E-state index in [1.165, 1.54) is 0 Å². The van der Waals surface area contributed by atoms with Crippen molar-refractivity contribution in [3.05, 3.63) is 10.3 Å². The summed E-state index contributed by atoms with van der Waals surface area (Å²) in [6, 6.07) is -0.375. The molecular weight excluding hydrogens is 228 g/mol. The molecule has 1 aliphatic heterocycles. The number of hydrogen-bond donors (Lipinski definition) is 3. The lowest BCUT2D eigenvalue weighted by molar-refractivity contribution is -0.117. The highest BCUT2D eigenvalue weighted by Gasteiger charge is 2.31. The standard InChI is InChI=1S/C10H12N2O3S/c1-4(2)6-9(13)11-5-3-16-8(10(14)15)7(5)12-6/h3-4,6,12H,1-2H3,(H,11,13)(H,14,15)/t6-/m0/s1. The molecule has 3 N–H and O–H groups in total. The third kappa shape index (κ3) is 1.65. The van der Waals surface area contributed by atoms with E-state index in [9.17, 15) is 9.59 Å². The topological polar surface area (TPSA) is 78.4 Å². The SMILES string of the molecule is CC(C)[C@@H]1Nc2c(csc2C(=O)O)NC1=O. The number of aromatic carboxylic acids is 1. The molecule has 0 unspecified atom stereocenters. The van der Waals surface area contributed by atoms with Gasteiger partial charge < -0.3 is 15.7 Å². The van der Waals surface area contributed by atoms with E-state index >= 15 is 0 Å². The van der Waals surface area contributed by atoms with Crippen molar-refractivity contribution in [3.8, 4) is 0 Å². The second-order valence-corrected chi connectivity index (χ2v) is 4.89. The molecule has 6 heteroatoms. The summed E-state index contributed by atoms with van der Waals surface area (Å²) in [5.74, 6) is -0.982. The van der Waals surface area contributed by atoms with Gasteiger partial charge in [0.15, 0.2) is 0 Å². The Morgan fingerprint density at radius 2 is 2.25 bits per heavy atom. The monoisotopic (exact) mass is 240 g/mol. The van der Waals surface area contributed by atoms with Crippen LogP contribution in [0.1, 0.15) is 23.5 Å². The fourth-order valence-electron chi connectivity index (χ4n) is 1.65. The molecule has 0 saturated carbocycles. The summed E-state index contributed by atoms with van der Waals surface area (Å²) >= 11 is 1.11. The smallest absolute Gasteiger partial charge is 0.348 e. The van der Waals surface area contributed by atoms with Crippen molar-refractivity contribution in [3.63, 3.8) is 0 Å². The van der Waals surface area contributed by atoms with Crippen LogP contribution in [-0.4, -0.2) is 23.0 Å². The van der Waals surface area contributed by atoms with Crippen molar-refractivity contribution in [1.29, 1.82) is 0 Å². The molecular formula is C10H12N2O3S. The average Bonchev–Trinajstić information content (AvgIpc) is 2.58. The Kier molecular flexibility index (Phi) is 2.59. The summed E-state index contributed by atoms with van der Waals surface area (Å²) in [5, 5.41) is 16.3. The summed E-state index contributed by atoms with van der Waals surface area (Å²) < 4.78 is 0. The van der Waals surface area contributed by atoms with Gasteiger partial charge in [-0.2, -0.15) is 0 Å². The summed E-state index contributed by atoms with van der Waals surface area (Å²) in [6.07, 6.45) is 0. The number of carbonyl (C=O) groups excluding carboxylic acids is 1. The van der Waals surface area contributed by atoms with E-state index in [2.05, 4.69) is 10.6 Å². The van der Waals surface area contributed by atoms with Gasteiger partial charge in [0.2, 0.25) is 5.91 Å². The number of carboxylic acid groups (broad SMARTS) is 1. The maximum atomic E-state index is 11.7. The predicted octanol–water partition coefficient (Wildman–Crippen LogP) is 1.83. The van der Waals surface area contributed by atoms with Gasteiger partial charge in [0.05, 0.1) is 11.4 Å². The minimum Gasteiger partial charge on any atom is -0.477 e. The maximum absolute atomic E-state index is 11.7. The molecule has 1 aromatic rings. The predicted molar refractivity (Wildman–Crippen MR) is 62.2 cm³/mol. The Labute approximate surface area is 96.5 Å². The molecule has 0 spiro atoms. The number of fused-ring (bicyclic) bond motifs is 1. The Morgan fingerprint density at radius 1 is 1.56 bits per heavy atom. The molecule has 1 atom stereocenters. The van der Waals surface area contributed by atoms with E-state index in [4.69, 9.17) is 5.11 Å². The first-order valence-corrected chi connectivity index (χ1v) is 5.81. The van der Waals surface area contributed by atoms with E-state index in [0.717, 1.165) is 11.3 Å². The van der Waals surface area contributed by atoms with Gasteiger partial charge in [-0.3, -0.25) is 4.79 Å². The van der Waals surface area contributed by atoms with Crippen molar-refractivity contribution in [2.75, 3.05) is 10.6 Å². The number of carbonyl (C=O) groups is 2. The number of nitrogens with one attached hydrogen (secondary N) is 2. The second-order valence-electron chi connectivity index (χ2n) is 4.01. The van der Waals surface area contributed by atoms with Crippen molar-refractivity contribution in [1.82, 2.24) is 0 Å². The van der Waals surface area contributed by atoms with Crippen LogP contribution in [0.4, 0.5) is 11.4 Å². The van der Waals surface area contributed by atoms with Crippen LogP contribution in [-0.2, 0) is 4.79 Å². The number of rotatable bonds is 2. The zero-order chi connectivity index (χ0) is 11.9. The van der Waals surface area contributed by atoms with Gasteiger partial charge in [-0.15, -0.1) is 11.3 Å². The number of anilines is 2. The van der Waals surface area contributed by atoms with Crippen LogP contribution in [0.15, 0.2) is 5.38 Å². The molecule has 2 heterocycles. The lowest BCUT2D eigenvalue weighted by atomic mass is 10.0. The van der Waals surface area contributed by atoms with Crippen LogP contribution in [0.2, 0.25) is 0 Å². The molecule has 0 bridgehead atoms. The van der Waals surface area contributed by atoms with Gasteiger partial charge in [-0.1, -0.05) is 13.8 Å². The Bertz CT molecular complexity index is 453. The van der Waals surface area contributed by atoms with Crippen LogP contribution in [0.25, 0.3) is 0 Å². The zero-order valence-corrected chi connectivity index (χ0v) is 9.72. The van der Waals surface area contributed by atoms with Crippen LogP contribution in [0.5, 0.6) is 0 Å². The molecule has 1 amide bonds. The fourth-order valence-corrected chi connectivity index (χ4v) is 2.45. The van der Waals surface area contributed by atoms with Gasteiger partial charge in [-0.05, 0) is 5.92 Å². The van der Waals surface area contributed by atoms with Crippen LogP contribution in [0, 0.1) is 5.92 Å². The van der Waals surface area contributed by atoms with Crippen molar-refractivity contribution in [2.24, 2.45) is 5.92 Å². The summed E-state index contributed by atoms with van der Waals surface area (Å²) in [7, 11) is 0. The quantitative estimate of drug-likeness (QED) is 0.737. The summed E-state index contributed by atoms with van der Waals surface area (Å²) in [4.78, 5) is 22.8. The maximum Gasteiger partial charge on any atom is 0.348 e. The first-order valence-electron chi connectivity index (χ1n) is 4.93. The minimum atomic E-state index is -0.975. The summed E-state index contributed by atoms with van der Waals surface area (Å²) in [6.45, 7) is 3.82. The Morgan fingerprint density at radius 3 is 2.81 bits per heavy atom. The lowest BCUT2D eigenvalue weighted by Gasteiger charge is -2.27. The molecule has 0 radical (unpaired) electrons. The largest absolute Gasteiger partial charge is 0.477 e. The number of carboxylic acids is 1. The van der Waals surface area contributed by atoms with Gasteiger partial charge in [0, 0.05) is 5.38 Å². The van der Waals surface area contributed by atoms with E-state index in [1.54, 1.807) is 5.38 Å².